The highest BCUT2D eigenvalue weighted by Gasteiger charge is 2.19. The highest BCUT2D eigenvalue weighted by molar-refractivity contribution is 7.80. The predicted octanol–water partition coefficient (Wildman–Crippen LogP) is 1.27. The third kappa shape index (κ3) is 4.02. The van der Waals surface area contributed by atoms with Crippen molar-refractivity contribution in [3.63, 3.8) is 0 Å². The molecule has 0 unspecified atom stereocenters. The van der Waals surface area contributed by atoms with Gasteiger partial charge in [0.15, 0.2) is 5.11 Å². The van der Waals surface area contributed by atoms with Gasteiger partial charge in [0, 0.05) is 45.1 Å². The first-order chi connectivity index (χ1) is 9.31. The Balaban J connectivity index is 1.77. The number of hydrogen-bond donors (Lipinski definition) is 1. The number of aromatic nitrogens is 2. The van der Waals surface area contributed by atoms with Gasteiger partial charge in [0.05, 0.1) is 6.20 Å². The molecule has 0 aliphatic carbocycles. The smallest absolute Gasteiger partial charge is 0.169 e. The van der Waals surface area contributed by atoms with Gasteiger partial charge >= 0.3 is 0 Å². The van der Waals surface area contributed by atoms with Crippen LogP contribution in [0.25, 0.3) is 0 Å². The fraction of sp³-hybridized carbons (Fsp3) is 0.615. The van der Waals surface area contributed by atoms with Crippen LogP contribution in [-0.2, 0) is 0 Å². The van der Waals surface area contributed by atoms with E-state index in [1.54, 1.807) is 12.4 Å². The number of unbranched alkanes of at least 4 members (excludes halogenated alkanes) is 1. The Hall–Kier alpha value is -1.43. The van der Waals surface area contributed by atoms with E-state index in [-0.39, 0.29) is 0 Å². The molecule has 0 bridgehead atoms. The Morgan fingerprint density at radius 2 is 2.11 bits per heavy atom. The van der Waals surface area contributed by atoms with E-state index in [9.17, 15) is 0 Å². The lowest BCUT2D eigenvalue weighted by molar-refractivity contribution is 0.378. The van der Waals surface area contributed by atoms with Crippen molar-refractivity contribution in [3.8, 4) is 0 Å². The molecule has 0 radical (unpaired) electrons. The molecule has 6 heteroatoms. The predicted molar refractivity (Wildman–Crippen MR) is 81.3 cm³/mol. The minimum atomic E-state index is 0.882. The monoisotopic (exact) mass is 279 g/mol. The zero-order valence-electron chi connectivity index (χ0n) is 11.4. The van der Waals surface area contributed by atoms with Gasteiger partial charge in [-0.15, -0.1) is 0 Å². The van der Waals surface area contributed by atoms with E-state index in [1.165, 1.54) is 12.8 Å². The maximum atomic E-state index is 5.41. The van der Waals surface area contributed by atoms with Gasteiger partial charge in [0.2, 0.25) is 0 Å². The van der Waals surface area contributed by atoms with Crippen molar-refractivity contribution in [2.75, 3.05) is 37.6 Å². The first kappa shape index (κ1) is 14.0. The van der Waals surface area contributed by atoms with Crippen LogP contribution >= 0.6 is 12.2 Å². The minimum absolute atomic E-state index is 0.882. The van der Waals surface area contributed by atoms with Crippen LogP contribution in [0.2, 0.25) is 0 Å². The number of nitrogens with one attached hydrogen (secondary N) is 1. The van der Waals surface area contributed by atoms with Crippen LogP contribution in [-0.4, -0.2) is 52.7 Å². The average Bonchev–Trinajstić information content (AvgIpc) is 2.48. The Bertz CT molecular complexity index is 389. The number of hydrogen-bond acceptors (Lipinski definition) is 4. The molecule has 1 aromatic heterocycles. The zero-order chi connectivity index (χ0) is 13.5. The fourth-order valence-electron chi connectivity index (χ4n) is 2.08. The van der Waals surface area contributed by atoms with E-state index in [0.717, 1.165) is 43.7 Å². The van der Waals surface area contributed by atoms with Crippen molar-refractivity contribution in [2.45, 2.75) is 19.8 Å². The van der Waals surface area contributed by atoms with Gasteiger partial charge in [-0.05, 0) is 18.6 Å². The third-order valence-corrected chi connectivity index (χ3v) is 3.65. The van der Waals surface area contributed by atoms with E-state index in [0.29, 0.717) is 0 Å². The van der Waals surface area contributed by atoms with E-state index < -0.39 is 0 Å². The van der Waals surface area contributed by atoms with Crippen molar-refractivity contribution >= 4 is 23.1 Å². The molecular weight excluding hydrogens is 258 g/mol. The van der Waals surface area contributed by atoms with E-state index in [4.69, 9.17) is 12.2 Å². The molecule has 1 aliphatic heterocycles. The normalized spacial score (nSPS) is 15.4. The number of anilines is 1. The van der Waals surface area contributed by atoms with Gasteiger partial charge in [0.1, 0.15) is 5.82 Å². The first-order valence-electron chi connectivity index (χ1n) is 6.85. The molecule has 2 rings (SSSR count). The molecule has 1 N–H and O–H groups in total. The number of nitrogens with zero attached hydrogens (tertiary/aromatic N) is 4. The third-order valence-electron chi connectivity index (χ3n) is 3.25. The summed E-state index contributed by atoms with van der Waals surface area (Å²) in [4.78, 5) is 12.9. The Morgan fingerprint density at radius 3 is 2.74 bits per heavy atom. The van der Waals surface area contributed by atoms with Crippen molar-refractivity contribution < 1.29 is 0 Å². The molecule has 0 aromatic carbocycles. The first-order valence-corrected chi connectivity index (χ1v) is 7.26. The highest BCUT2D eigenvalue weighted by Crippen LogP contribution is 2.11. The van der Waals surface area contributed by atoms with Gasteiger partial charge in [-0.3, -0.25) is 4.98 Å². The van der Waals surface area contributed by atoms with Crippen LogP contribution in [0.3, 0.4) is 0 Å². The summed E-state index contributed by atoms with van der Waals surface area (Å²) in [7, 11) is 0. The maximum absolute atomic E-state index is 5.41. The average molecular weight is 279 g/mol. The SMILES string of the molecule is CCCCNC(=S)N1CCN(c2cnccn2)CC1. The van der Waals surface area contributed by atoms with Crippen LogP contribution in [0.15, 0.2) is 18.6 Å². The summed E-state index contributed by atoms with van der Waals surface area (Å²) in [5, 5.41) is 4.20. The van der Waals surface area contributed by atoms with Gasteiger partial charge in [-0.1, -0.05) is 13.3 Å². The second kappa shape index (κ2) is 7.23. The Labute approximate surface area is 120 Å². The number of rotatable bonds is 4. The van der Waals surface area contributed by atoms with Gasteiger partial charge in [-0.25, -0.2) is 4.98 Å². The molecule has 1 aliphatic rings. The molecule has 0 saturated carbocycles. The molecule has 1 fully saturated rings. The van der Waals surface area contributed by atoms with Crippen LogP contribution in [0, 0.1) is 0 Å². The summed E-state index contributed by atoms with van der Waals surface area (Å²) >= 11 is 5.41. The quantitative estimate of drug-likeness (QED) is 0.661. The summed E-state index contributed by atoms with van der Waals surface area (Å²) < 4.78 is 0. The largest absolute Gasteiger partial charge is 0.363 e. The van der Waals surface area contributed by atoms with Crippen molar-refractivity contribution in [3.05, 3.63) is 18.6 Å². The molecule has 1 saturated heterocycles. The lowest BCUT2D eigenvalue weighted by atomic mass is 10.3. The maximum Gasteiger partial charge on any atom is 0.169 e. The van der Waals surface area contributed by atoms with Crippen molar-refractivity contribution in [1.29, 1.82) is 0 Å². The summed E-state index contributed by atoms with van der Waals surface area (Å²) in [5.41, 5.74) is 0. The lowest BCUT2D eigenvalue weighted by Gasteiger charge is -2.36. The fourth-order valence-corrected chi connectivity index (χ4v) is 2.36. The lowest BCUT2D eigenvalue weighted by Crippen LogP contribution is -2.52. The molecule has 0 amide bonds. The summed E-state index contributed by atoms with van der Waals surface area (Å²) in [5.74, 6) is 0.951. The molecule has 0 atom stereocenters. The number of thiocarbonyl (C=S) groups is 1. The molecule has 1 aromatic rings. The second-order valence-electron chi connectivity index (χ2n) is 4.62. The highest BCUT2D eigenvalue weighted by atomic mass is 32.1. The number of piperazine rings is 1. The standard InChI is InChI=1S/C13H21N5S/c1-2-3-4-16-13(19)18-9-7-17(8-10-18)12-11-14-5-6-15-12/h5-6,11H,2-4,7-10H2,1H3,(H,16,19). The summed E-state index contributed by atoms with van der Waals surface area (Å²) in [6, 6.07) is 0. The van der Waals surface area contributed by atoms with Gasteiger partial charge < -0.3 is 15.1 Å². The second-order valence-corrected chi connectivity index (χ2v) is 5.01. The van der Waals surface area contributed by atoms with Crippen LogP contribution in [0.1, 0.15) is 19.8 Å². The summed E-state index contributed by atoms with van der Waals surface area (Å²) in [6.07, 6.45) is 7.61. The molecule has 0 spiro atoms. The van der Waals surface area contributed by atoms with E-state index in [2.05, 4.69) is 32.0 Å². The molecule has 5 nitrogen and oxygen atoms in total. The van der Waals surface area contributed by atoms with Gasteiger partial charge in [-0.2, -0.15) is 0 Å². The Kier molecular flexibility index (Phi) is 5.32. The van der Waals surface area contributed by atoms with Crippen LogP contribution < -0.4 is 10.2 Å². The molecule has 104 valence electrons. The van der Waals surface area contributed by atoms with Crippen LogP contribution in [0.4, 0.5) is 5.82 Å². The summed E-state index contributed by atoms with van der Waals surface area (Å²) in [6.45, 7) is 6.91. The van der Waals surface area contributed by atoms with Crippen molar-refractivity contribution in [2.24, 2.45) is 0 Å². The van der Waals surface area contributed by atoms with E-state index >= 15 is 0 Å². The van der Waals surface area contributed by atoms with E-state index in [1.807, 2.05) is 6.20 Å². The van der Waals surface area contributed by atoms with Gasteiger partial charge in [0.25, 0.3) is 0 Å². The minimum Gasteiger partial charge on any atom is -0.363 e. The van der Waals surface area contributed by atoms with Crippen molar-refractivity contribution in [1.82, 2.24) is 20.2 Å². The zero-order valence-corrected chi connectivity index (χ0v) is 12.2. The molecular formula is C13H21N5S. The Morgan fingerprint density at radius 1 is 1.32 bits per heavy atom. The molecule has 19 heavy (non-hydrogen) atoms. The van der Waals surface area contributed by atoms with Crippen LogP contribution in [0.5, 0.6) is 0 Å². The molecule has 2 heterocycles. The topological polar surface area (TPSA) is 44.3 Å².